The van der Waals surface area contributed by atoms with Crippen molar-refractivity contribution in [1.29, 1.82) is 0 Å². The van der Waals surface area contributed by atoms with Crippen molar-refractivity contribution in [3.8, 4) is 0 Å². The number of hydrogen-bond donors (Lipinski definition) is 2. The minimum absolute atomic E-state index is 0.203. The highest BCUT2D eigenvalue weighted by Crippen LogP contribution is 2.29. The summed E-state index contributed by atoms with van der Waals surface area (Å²) in [6.45, 7) is 6.55. The van der Waals surface area contributed by atoms with Crippen LogP contribution in [0.4, 0.5) is 5.69 Å². The molecule has 0 aromatic heterocycles. The number of anilines is 1. The second kappa shape index (κ2) is 6.36. The molecule has 118 valence electrons. The van der Waals surface area contributed by atoms with Crippen LogP contribution in [-0.4, -0.2) is 15.0 Å². The summed E-state index contributed by atoms with van der Waals surface area (Å²) in [7, 11) is -3.53. The van der Waals surface area contributed by atoms with E-state index in [-0.39, 0.29) is 4.90 Å². The van der Waals surface area contributed by atoms with Crippen LogP contribution < -0.4 is 10.5 Å². The van der Waals surface area contributed by atoms with E-state index in [1.165, 1.54) is 19.3 Å². The molecule has 0 amide bonds. The van der Waals surface area contributed by atoms with Gasteiger partial charge in [-0.3, -0.25) is 0 Å². The number of nitrogen functional groups attached to an aromatic ring is 1. The Balaban J connectivity index is 2.13. The third-order valence-electron chi connectivity index (χ3n) is 4.74. The Morgan fingerprint density at radius 1 is 1.19 bits per heavy atom. The van der Waals surface area contributed by atoms with Gasteiger partial charge in [-0.2, -0.15) is 0 Å². The van der Waals surface area contributed by atoms with E-state index in [1.54, 1.807) is 12.1 Å². The van der Waals surface area contributed by atoms with E-state index in [4.69, 9.17) is 5.73 Å². The Hall–Kier alpha value is -1.07. The van der Waals surface area contributed by atoms with Gasteiger partial charge in [0.15, 0.2) is 0 Å². The van der Waals surface area contributed by atoms with Gasteiger partial charge in [-0.25, -0.2) is 13.1 Å². The summed E-state index contributed by atoms with van der Waals surface area (Å²) >= 11 is 0. The summed E-state index contributed by atoms with van der Waals surface area (Å²) in [5.41, 5.74) is 8.16. The van der Waals surface area contributed by atoms with Crippen LogP contribution in [-0.2, 0) is 10.0 Å². The maximum absolute atomic E-state index is 12.5. The average molecular weight is 310 g/mol. The molecule has 0 saturated heterocycles. The van der Waals surface area contributed by atoms with E-state index in [9.17, 15) is 8.42 Å². The Labute approximate surface area is 128 Å². The fourth-order valence-electron chi connectivity index (χ4n) is 3.04. The fourth-order valence-corrected chi connectivity index (χ4v) is 4.33. The van der Waals surface area contributed by atoms with Gasteiger partial charge in [0.2, 0.25) is 10.0 Å². The Bertz CT molecular complexity index is 611. The van der Waals surface area contributed by atoms with Gasteiger partial charge in [0.05, 0.1) is 5.69 Å². The predicted molar refractivity (Wildman–Crippen MR) is 86.6 cm³/mol. The van der Waals surface area contributed by atoms with Gasteiger partial charge < -0.3 is 5.73 Å². The average Bonchev–Trinajstić information content (AvgIpc) is 2.42. The number of sulfonamides is 1. The molecule has 1 aromatic carbocycles. The highest BCUT2D eigenvalue weighted by atomic mass is 32.2. The van der Waals surface area contributed by atoms with Crippen molar-refractivity contribution in [3.05, 3.63) is 23.3 Å². The monoisotopic (exact) mass is 310 g/mol. The Morgan fingerprint density at radius 2 is 1.81 bits per heavy atom. The van der Waals surface area contributed by atoms with Crippen molar-refractivity contribution in [1.82, 2.24) is 4.72 Å². The molecular formula is C16H26N2O2S. The standard InChI is InChI=1S/C16H26N2O2S/c1-11-6-4-5-7-14(11)10-18-21(19,20)16-9-13(3)12(2)8-15(16)17/h8-9,11,14,18H,4-7,10,17H2,1-3H3. The zero-order valence-corrected chi connectivity index (χ0v) is 14.0. The molecule has 0 heterocycles. The molecule has 3 N–H and O–H groups in total. The van der Waals surface area contributed by atoms with Crippen LogP contribution in [0.25, 0.3) is 0 Å². The Morgan fingerprint density at radius 3 is 2.48 bits per heavy atom. The van der Waals surface area contributed by atoms with Gasteiger partial charge in [-0.05, 0) is 55.4 Å². The molecule has 1 saturated carbocycles. The first-order chi connectivity index (χ1) is 9.81. The normalized spacial score (nSPS) is 23.2. The minimum atomic E-state index is -3.53. The zero-order valence-electron chi connectivity index (χ0n) is 13.1. The molecule has 2 rings (SSSR count). The van der Waals surface area contributed by atoms with Crippen LogP contribution in [0.1, 0.15) is 43.7 Å². The summed E-state index contributed by atoms with van der Waals surface area (Å²) in [4.78, 5) is 0.203. The maximum Gasteiger partial charge on any atom is 0.242 e. The summed E-state index contributed by atoms with van der Waals surface area (Å²) in [6, 6.07) is 3.39. The number of rotatable bonds is 4. The summed E-state index contributed by atoms with van der Waals surface area (Å²) < 4.78 is 27.7. The van der Waals surface area contributed by atoms with Gasteiger partial charge in [0.1, 0.15) is 4.90 Å². The van der Waals surface area contributed by atoms with E-state index in [2.05, 4.69) is 11.6 Å². The first-order valence-electron chi connectivity index (χ1n) is 7.67. The molecule has 0 radical (unpaired) electrons. The van der Waals surface area contributed by atoms with Gasteiger partial charge in [-0.1, -0.05) is 26.2 Å². The van der Waals surface area contributed by atoms with Crippen LogP contribution in [0.15, 0.2) is 17.0 Å². The second-order valence-corrected chi connectivity index (χ2v) is 8.08. The van der Waals surface area contributed by atoms with Crippen molar-refractivity contribution < 1.29 is 8.42 Å². The molecule has 5 heteroatoms. The molecule has 1 fully saturated rings. The van der Waals surface area contributed by atoms with E-state index < -0.39 is 10.0 Å². The molecule has 1 aliphatic rings. The predicted octanol–water partition coefficient (Wildman–Crippen LogP) is 2.99. The van der Waals surface area contributed by atoms with Gasteiger partial charge in [-0.15, -0.1) is 0 Å². The molecule has 1 aromatic rings. The molecular weight excluding hydrogens is 284 g/mol. The second-order valence-electron chi connectivity index (χ2n) is 6.35. The fraction of sp³-hybridized carbons (Fsp3) is 0.625. The minimum Gasteiger partial charge on any atom is -0.398 e. The molecule has 21 heavy (non-hydrogen) atoms. The van der Waals surface area contributed by atoms with Gasteiger partial charge >= 0.3 is 0 Å². The number of aryl methyl sites for hydroxylation is 2. The summed E-state index contributed by atoms with van der Waals surface area (Å²) in [6.07, 6.45) is 4.75. The maximum atomic E-state index is 12.5. The number of nitrogens with one attached hydrogen (secondary N) is 1. The van der Waals surface area contributed by atoms with Crippen LogP contribution >= 0.6 is 0 Å². The highest BCUT2D eigenvalue weighted by Gasteiger charge is 2.24. The SMILES string of the molecule is Cc1cc(N)c(S(=O)(=O)NCC2CCCCC2C)cc1C. The Kier molecular flexibility index (Phi) is 4.94. The van der Waals surface area contributed by atoms with Crippen LogP contribution in [0.3, 0.4) is 0 Å². The topological polar surface area (TPSA) is 72.2 Å². The summed E-state index contributed by atoms with van der Waals surface area (Å²) in [5.74, 6) is 1.01. The number of nitrogens with two attached hydrogens (primary N) is 1. The van der Waals surface area contributed by atoms with Crippen molar-refractivity contribution >= 4 is 15.7 Å². The quantitative estimate of drug-likeness (QED) is 0.840. The molecule has 1 aliphatic carbocycles. The highest BCUT2D eigenvalue weighted by molar-refractivity contribution is 7.89. The first kappa shape index (κ1) is 16.3. The lowest BCUT2D eigenvalue weighted by molar-refractivity contribution is 0.257. The van der Waals surface area contributed by atoms with E-state index in [1.807, 2.05) is 13.8 Å². The molecule has 2 unspecified atom stereocenters. The molecule has 0 bridgehead atoms. The molecule has 2 atom stereocenters. The third kappa shape index (κ3) is 3.77. The summed E-state index contributed by atoms with van der Waals surface area (Å²) in [5, 5.41) is 0. The van der Waals surface area contributed by atoms with Crippen molar-refractivity contribution in [2.75, 3.05) is 12.3 Å². The van der Waals surface area contributed by atoms with Crippen molar-refractivity contribution in [2.24, 2.45) is 11.8 Å². The lowest BCUT2D eigenvalue weighted by Gasteiger charge is -2.28. The van der Waals surface area contributed by atoms with Crippen LogP contribution in [0.2, 0.25) is 0 Å². The van der Waals surface area contributed by atoms with E-state index >= 15 is 0 Å². The largest absolute Gasteiger partial charge is 0.398 e. The third-order valence-corrected chi connectivity index (χ3v) is 6.22. The van der Waals surface area contributed by atoms with Crippen molar-refractivity contribution in [3.63, 3.8) is 0 Å². The lowest BCUT2D eigenvalue weighted by Crippen LogP contribution is -2.33. The van der Waals surface area contributed by atoms with Crippen LogP contribution in [0.5, 0.6) is 0 Å². The van der Waals surface area contributed by atoms with Crippen molar-refractivity contribution in [2.45, 2.75) is 51.3 Å². The zero-order chi connectivity index (χ0) is 15.6. The van der Waals surface area contributed by atoms with E-state index in [0.29, 0.717) is 24.1 Å². The van der Waals surface area contributed by atoms with Gasteiger partial charge in [0, 0.05) is 6.54 Å². The van der Waals surface area contributed by atoms with Gasteiger partial charge in [0.25, 0.3) is 0 Å². The van der Waals surface area contributed by atoms with E-state index in [0.717, 1.165) is 17.5 Å². The number of benzene rings is 1. The van der Waals surface area contributed by atoms with Crippen LogP contribution in [0, 0.1) is 25.7 Å². The molecule has 0 spiro atoms. The number of hydrogen-bond acceptors (Lipinski definition) is 3. The first-order valence-corrected chi connectivity index (χ1v) is 9.16. The lowest BCUT2D eigenvalue weighted by atomic mass is 9.81. The molecule has 0 aliphatic heterocycles. The molecule has 4 nitrogen and oxygen atoms in total. The smallest absolute Gasteiger partial charge is 0.242 e.